The van der Waals surface area contributed by atoms with Gasteiger partial charge in [-0.1, -0.05) is 0 Å². The van der Waals surface area contributed by atoms with Gasteiger partial charge in [0.05, 0.1) is 20.3 Å². The van der Waals surface area contributed by atoms with E-state index in [4.69, 9.17) is 14.2 Å². The zero-order valence-electron chi connectivity index (χ0n) is 11.4. The van der Waals surface area contributed by atoms with Gasteiger partial charge in [0, 0.05) is 11.1 Å². The Bertz CT molecular complexity index is 496. The first kappa shape index (κ1) is 12.3. The first-order valence-corrected chi connectivity index (χ1v) is 6.76. The molecule has 102 valence electrons. The highest BCUT2D eigenvalue weighted by molar-refractivity contribution is 5.96. The minimum absolute atomic E-state index is 0.320. The van der Waals surface area contributed by atoms with Crippen LogP contribution in [0.1, 0.15) is 39.9 Å². The zero-order chi connectivity index (χ0) is 13.4. The molecule has 0 N–H and O–H groups in total. The van der Waals surface area contributed by atoms with Crippen molar-refractivity contribution in [3.63, 3.8) is 0 Å². The molecule has 0 amide bonds. The summed E-state index contributed by atoms with van der Waals surface area (Å²) in [6, 6.07) is 0. The third kappa shape index (κ3) is 1.86. The molecule has 0 bridgehead atoms. The molecule has 0 saturated heterocycles. The van der Waals surface area contributed by atoms with Crippen molar-refractivity contribution in [2.75, 3.05) is 20.3 Å². The lowest BCUT2D eigenvalue weighted by Gasteiger charge is -2.28. The SMILES string of the molecule is COC(=O)c1c2c(c(C)c3c1OCCC3)OCCC2. The molecule has 0 spiro atoms. The number of benzene rings is 1. The molecule has 0 aliphatic carbocycles. The Labute approximate surface area is 112 Å². The summed E-state index contributed by atoms with van der Waals surface area (Å²) in [6.45, 7) is 3.43. The Kier molecular flexibility index (Phi) is 3.09. The topological polar surface area (TPSA) is 44.8 Å². The number of fused-ring (bicyclic) bond motifs is 2. The molecule has 0 atom stereocenters. The lowest BCUT2D eigenvalue weighted by molar-refractivity contribution is 0.0592. The van der Waals surface area contributed by atoms with Gasteiger partial charge in [0.15, 0.2) is 0 Å². The monoisotopic (exact) mass is 262 g/mol. The molecule has 2 aliphatic rings. The van der Waals surface area contributed by atoms with E-state index in [1.807, 2.05) is 0 Å². The van der Waals surface area contributed by atoms with Crippen molar-refractivity contribution < 1.29 is 19.0 Å². The summed E-state index contributed by atoms with van der Waals surface area (Å²) >= 11 is 0. The average molecular weight is 262 g/mol. The highest BCUT2D eigenvalue weighted by atomic mass is 16.5. The summed E-state index contributed by atoms with van der Waals surface area (Å²) < 4.78 is 16.5. The molecular formula is C15H18O4. The van der Waals surface area contributed by atoms with Crippen LogP contribution >= 0.6 is 0 Å². The van der Waals surface area contributed by atoms with Crippen molar-refractivity contribution in [2.45, 2.75) is 32.6 Å². The lowest BCUT2D eigenvalue weighted by Crippen LogP contribution is -2.21. The smallest absolute Gasteiger partial charge is 0.342 e. The van der Waals surface area contributed by atoms with Crippen LogP contribution in [0.25, 0.3) is 0 Å². The van der Waals surface area contributed by atoms with Gasteiger partial charge >= 0.3 is 5.97 Å². The van der Waals surface area contributed by atoms with Crippen molar-refractivity contribution in [1.29, 1.82) is 0 Å². The van der Waals surface area contributed by atoms with Gasteiger partial charge in [-0.2, -0.15) is 0 Å². The van der Waals surface area contributed by atoms with E-state index in [0.717, 1.165) is 53.9 Å². The van der Waals surface area contributed by atoms with E-state index in [2.05, 4.69) is 6.92 Å². The largest absolute Gasteiger partial charge is 0.493 e. The number of carbonyl (C=O) groups is 1. The van der Waals surface area contributed by atoms with E-state index < -0.39 is 0 Å². The molecule has 0 saturated carbocycles. The van der Waals surface area contributed by atoms with E-state index in [9.17, 15) is 4.79 Å². The minimum atomic E-state index is -0.320. The van der Waals surface area contributed by atoms with Gasteiger partial charge in [0.1, 0.15) is 17.1 Å². The molecule has 2 heterocycles. The number of rotatable bonds is 1. The van der Waals surface area contributed by atoms with Gasteiger partial charge in [-0.3, -0.25) is 0 Å². The first-order chi connectivity index (χ1) is 9.24. The predicted octanol–water partition coefficient (Wildman–Crippen LogP) is 2.43. The van der Waals surface area contributed by atoms with Crippen LogP contribution in [0.5, 0.6) is 11.5 Å². The number of esters is 1. The second kappa shape index (κ2) is 4.76. The number of ether oxygens (including phenoxy) is 3. The van der Waals surface area contributed by atoms with Crippen LogP contribution in [0.3, 0.4) is 0 Å². The molecular weight excluding hydrogens is 244 g/mol. The zero-order valence-corrected chi connectivity index (χ0v) is 11.4. The number of carbonyl (C=O) groups excluding carboxylic acids is 1. The summed E-state index contributed by atoms with van der Waals surface area (Å²) in [4.78, 5) is 12.1. The normalized spacial score (nSPS) is 16.7. The number of methoxy groups -OCH3 is 1. The fraction of sp³-hybridized carbons (Fsp3) is 0.533. The first-order valence-electron chi connectivity index (χ1n) is 6.76. The van der Waals surface area contributed by atoms with Gasteiger partial charge in [-0.05, 0) is 38.2 Å². The number of hydrogen-bond donors (Lipinski definition) is 0. The van der Waals surface area contributed by atoms with Crippen LogP contribution in [0, 0.1) is 6.92 Å². The second-order valence-corrected chi connectivity index (χ2v) is 5.01. The van der Waals surface area contributed by atoms with E-state index in [1.165, 1.54) is 7.11 Å². The maximum Gasteiger partial charge on any atom is 0.342 e. The maximum atomic E-state index is 12.1. The van der Waals surface area contributed by atoms with Crippen molar-refractivity contribution in [3.8, 4) is 11.5 Å². The van der Waals surface area contributed by atoms with Crippen LogP contribution in [-0.2, 0) is 17.6 Å². The summed E-state index contributed by atoms with van der Waals surface area (Å²) in [6.07, 6.45) is 3.68. The molecule has 0 aromatic heterocycles. The lowest BCUT2D eigenvalue weighted by atomic mass is 9.89. The molecule has 1 aromatic carbocycles. The minimum Gasteiger partial charge on any atom is -0.493 e. The quantitative estimate of drug-likeness (QED) is 0.729. The fourth-order valence-electron chi connectivity index (χ4n) is 2.99. The van der Waals surface area contributed by atoms with Crippen LogP contribution in [0.15, 0.2) is 0 Å². The van der Waals surface area contributed by atoms with Crippen molar-refractivity contribution in [2.24, 2.45) is 0 Å². The maximum absolute atomic E-state index is 12.1. The second-order valence-electron chi connectivity index (χ2n) is 5.01. The van der Waals surface area contributed by atoms with Crippen molar-refractivity contribution in [1.82, 2.24) is 0 Å². The van der Waals surface area contributed by atoms with Crippen LogP contribution < -0.4 is 9.47 Å². The fourth-order valence-corrected chi connectivity index (χ4v) is 2.99. The molecule has 1 aromatic rings. The Balaban J connectivity index is 2.28. The molecule has 0 radical (unpaired) electrons. The van der Waals surface area contributed by atoms with E-state index in [1.54, 1.807) is 0 Å². The Morgan fingerprint density at radius 2 is 1.68 bits per heavy atom. The van der Waals surface area contributed by atoms with Crippen LogP contribution in [0.4, 0.5) is 0 Å². The molecule has 2 aliphatic heterocycles. The Morgan fingerprint density at radius 1 is 1.05 bits per heavy atom. The van der Waals surface area contributed by atoms with E-state index in [0.29, 0.717) is 18.8 Å². The summed E-state index contributed by atoms with van der Waals surface area (Å²) in [5, 5.41) is 0. The highest BCUT2D eigenvalue weighted by Crippen LogP contribution is 2.43. The van der Waals surface area contributed by atoms with E-state index >= 15 is 0 Å². The molecule has 0 fully saturated rings. The average Bonchev–Trinajstić information content (AvgIpc) is 2.47. The molecule has 4 nitrogen and oxygen atoms in total. The van der Waals surface area contributed by atoms with Crippen LogP contribution in [0.2, 0.25) is 0 Å². The summed E-state index contributed by atoms with van der Waals surface area (Å²) in [5.41, 5.74) is 3.76. The van der Waals surface area contributed by atoms with Crippen molar-refractivity contribution in [3.05, 3.63) is 22.3 Å². The van der Waals surface area contributed by atoms with Gasteiger partial charge in [-0.15, -0.1) is 0 Å². The Morgan fingerprint density at radius 3 is 2.37 bits per heavy atom. The summed E-state index contributed by atoms with van der Waals surface area (Å²) in [7, 11) is 1.41. The Hall–Kier alpha value is -1.71. The molecule has 0 unspecified atom stereocenters. The predicted molar refractivity (Wildman–Crippen MR) is 70.2 cm³/mol. The van der Waals surface area contributed by atoms with Gasteiger partial charge in [0.2, 0.25) is 0 Å². The molecule has 19 heavy (non-hydrogen) atoms. The van der Waals surface area contributed by atoms with E-state index in [-0.39, 0.29) is 5.97 Å². The molecule has 4 heteroatoms. The molecule has 3 rings (SSSR count). The van der Waals surface area contributed by atoms with Gasteiger partial charge < -0.3 is 14.2 Å². The van der Waals surface area contributed by atoms with Gasteiger partial charge in [-0.25, -0.2) is 4.79 Å². The summed E-state index contributed by atoms with van der Waals surface area (Å²) in [5.74, 6) is 1.27. The van der Waals surface area contributed by atoms with Crippen molar-refractivity contribution >= 4 is 5.97 Å². The standard InChI is InChI=1S/C15H18O4/c1-9-10-5-3-8-19-14(10)12(15(16)17-2)11-6-4-7-18-13(9)11/h3-8H2,1-2H3. The number of hydrogen-bond acceptors (Lipinski definition) is 4. The van der Waals surface area contributed by atoms with Gasteiger partial charge in [0.25, 0.3) is 0 Å². The third-order valence-corrected chi connectivity index (χ3v) is 3.89. The third-order valence-electron chi connectivity index (χ3n) is 3.89. The van der Waals surface area contributed by atoms with Crippen LogP contribution in [-0.4, -0.2) is 26.3 Å². The highest BCUT2D eigenvalue weighted by Gasteiger charge is 2.31.